The van der Waals surface area contributed by atoms with Crippen LogP contribution in [0.2, 0.25) is 0 Å². The Labute approximate surface area is 148 Å². The van der Waals surface area contributed by atoms with Gasteiger partial charge in [-0.05, 0) is 29.3 Å². The Morgan fingerprint density at radius 1 is 1.08 bits per heavy atom. The molecule has 2 aliphatic rings. The maximum absolute atomic E-state index is 11.9. The Balaban J connectivity index is 1.53. The van der Waals surface area contributed by atoms with Gasteiger partial charge in [-0.1, -0.05) is 49.4 Å². The van der Waals surface area contributed by atoms with Gasteiger partial charge in [0.2, 0.25) is 5.91 Å². The van der Waals surface area contributed by atoms with Gasteiger partial charge in [0.1, 0.15) is 11.4 Å². The normalized spacial score (nSPS) is 17.9. The Hall–Kier alpha value is -2.55. The molecule has 3 heteroatoms. The summed E-state index contributed by atoms with van der Waals surface area (Å²) in [6.45, 7) is 3.47. The van der Waals surface area contributed by atoms with E-state index in [1.807, 2.05) is 17.9 Å². The Kier molecular flexibility index (Phi) is 4.08. The highest BCUT2D eigenvalue weighted by molar-refractivity contribution is 5.76. The number of carbonyl (C=O) groups excluding carboxylic acids is 1. The van der Waals surface area contributed by atoms with Crippen LogP contribution in [0.25, 0.3) is 17.2 Å². The van der Waals surface area contributed by atoms with Crippen LogP contribution in [0.15, 0.2) is 54.6 Å². The lowest BCUT2D eigenvalue weighted by Gasteiger charge is -2.42. The molecule has 2 aromatic rings. The molecule has 2 aliphatic heterocycles. The summed E-state index contributed by atoms with van der Waals surface area (Å²) in [6.07, 6.45) is 6.67. The second-order valence-electron chi connectivity index (χ2n) is 6.85. The number of nitrogens with zero attached hydrogens (tertiary/aromatic N) is 1. The lowest BCUT2D eigenvalue weighted by atomic mass is 9.87. The topological polar surface area (TPSA) is 29.5 Å². The van der Waals surface area contributed by atoms with Gasteiger partial charge in [-0.25, -0.2) is 0 Å². The fourth-order valence-electron chi connectivity index (χ4n) is 3.70. The first-order chi connectivity index (χ1) is 12.2. The van der Waals surface area contributed by atoms with Crippen LogP contribution in [0.4, 0.5) is 0 Å². The zero-order valence-corrected chi connectivity index (χ0v) is 14.6. The van der Waals surface area contributed by atoms with Gasteiger partial charge in [0.05, 0.1) is 0 Å². The summed E-state index contributed by atoms with van der Waals surface area (Å²) in [5.74, 6) is 1.18. The van der Waals surface area contributed by atoms with E-state index in [0.29, 0.717) is 6.42 Å². The van der Waals surface area contributed by atoms with E-state index in [9.17, 15) is 4.79 Å². The van der Waals surface area contributed by atoms with Gasteiger partial charge >= 0.3 is 0 Å². The van der Waals surface area contributed by atoms with E-state index in [-0.39, 0.29) is 11.5 Å². The molecule has 0 saturated carbocycles. The number of ether oxygens (including phenoxy) is 1. The van der Waals surface area contributed by atoms with E-state index in [0.717, 1.165) is 37.2 Å². The Morgan fingerprint density at radius 2 is 1.84 bits per heavy atom. The number of amides is 1. The average Bonchev–Trinajstić information content (AvgIpc) is 2.68. The van der Waals surface area contributed by atoms with Crippen LogP contribution in [0.3, 0.4) is 0 Å². The van der Waals surface area contributed by atoms with Crippen molar-refractivity contribution < 1.29 is 9.53 Å². The van der Waals surface area contributed by atoms with Crippen LogP contribution in [0, 0.1) is 0 Å². The smallest absolute Gasteiger partial charge is 0.222 e. The van der Waals surface area contributed by atoms with E-state index < -0.39 is 0 Å². The van der Waals surface area contributed by atoms with Gasteiger partial charge in [-0.15, -0.1) is 0 Å². The highest BCUT2D eigenvalue weighted by atomic mass is 16.5. The SMILES string of the molecule is CCC(=O)N1CCC2(C=Cc3cc(-c4ccccc4)ccc3O2)CC1. The number of benzene rings is 2. The minimum Gasteiger partial charge on any atom is -0.482 e. The minimum absolute atomic E-state index is 0.238. The maximum atomic E-state index is 11.9. The molecule has 4 rings (SSSR count). The summed E-state index contributed by atoms with van der Waals surface area (Å²) in [5, 5.41) is 0. The van der Waals surface area contributed by atoms with Crippen LogP contribution < -0.4 is 4.74 Å². The fraction of sp³-hybridized carbons (Fsp3) is 0.318. The summed E-state index contributed by atoms with van der Waals surface area (Å²) < 4.78 is 6.39. The Bertz CT molecular complexity index is 802. The van der Waals surface area contributed by atoms with Crippen LogP contribution >= 0.6 is 0 Å². The van der Waals surface area contributed by atoms with Crippen molar-refractivity contribution in [2.24, 2.45) is 0 Å². The molecule has 0 bridgehead atoms. The second kappa shape index (κ2) is 6.40. The van der Waals surface area contributed by atoms with E-state index in [1.54, 1.807) is 0 Å². The van der Waals surface area contributed by atoms with Crippen LogP contribution in [-0.4, -0.2) is 29.5 Å². The molecular formula is C22H23NO2. The second-order valence-corrected chi connectivity index (χ2v) is 6.85. The summed E-state index contributed by atoms with van der Waals surface area (Å²) >= 11 is 0. The summed E-state index contributed by atoms with van der Waals surface area (Å²) in [7, 11) is 0. The first-order valence-corrected chi connectivity index (χ1v) is 9.05. The van der Waals surface area contributed by atoms with Gasteiger partial charge in [0, 0.05) is 37.9 Å². The lowest BCUT2D eigenvalue weighted by molar-refractivity contribution is -0.133. The van der Waals surface area contributed by atoms with Crippen molar-refractivity contribution in [3.63, 3.8) is 0 Å². The van der Waals surface area contributed by atoms with E-state index in [4.69, 9.17) is 4.74 Å². The van der Waals surface area contributed by atoms with E-state index >= 15 is 0 Å². The molecule has 0 aliphatic carbocycles. The third kappa shape index (κ3) is 3.07. The fourth-order valence-corrected chi connectivity index (χ4v) is 3.70. The highest BCUT2D eigenvalue weighted by Crippen LogP contribution is 2.38. The quantitative estimate of drug-likeness (QED) is 0.808. The number of fused-ring (bicyclic) bond motifs is 1. The van der Waals surface area contributed by atoms with Crippen molar-refractivity contribution >= 4 is 12.0 Å². The molecule has 25 heavy (non-hydrogen) atoms. The molecule has 0 unspecified atom stereocenters. The average molecular weight is 333 g/mol. The van der Waals surface area contributed by atoms with Crippen LogP contribution in [-0.2, 0) is 4.79 Å². The van der Waals surface area contributed by atoms with E-state index in [1.165, 1.54) is 11.1 Å². The van der Waals surface area contributed by atoms with Crippen molar-refractivity contribution in [3.8, 4) is 16.9 Å². The van der Waals surface area contributed by atoms with Gasteiger partial charge in [0.25, 0.3) is 0 Å². The third-order valence-corrected chi connectivity index (χ3v) is 5.26. The summed E-state index contributed by atoms with van der Waals surface area (Å²) in [6, 6.07) is 16.8. The van der Waals surface area contributed by atoms with Crippen LogP contribution in [0.1, 0.15) is 31.7 Å². The molecule has 0 atom stereocenters. The van der Waals surface area contributed by atoms with Gasteiger partial charge < -0.3 is 9.64 Å². The monoisotopic (exact) mass is 333 g/mol. The Morgan fingerprint density at radius 3 is 2.56 bits per heavy atom. The summed E-state index contributed by atoms with van der Waals surface area (Å²) in [4.78, 5) is 13.8. The number of rotatable bonds is 2. The largest absolute Gasteiger partial charge is 0.482 e. The van der Waals surface area contributed by atoms with Gasteiger partial charge in [-0.2, -0.15) is 0 Å². The third-order valence-electron chi connectivity index (χ3n) is 5.26. The molecule has 1 saturated heterocycles. The predicted molar refractivity (Wildman–Crippen MR) is 100 cm³/mol. The number of hydrogen-bond donors (Lipinski definition) is 0. The molecule has 0 radical (unpaired) electrons. The van der Waals surface area contributed by atoms with Crippen molar-refractivity contribution in [1.29, 1.82) is 0 Å². The van der Waals surface area contributed by atoms with Crippen molar-refractivity contribution in [1.82, 2.24) is 4.90 Å². The number of piperidine rings is 1. The van der Waals surface area contributed by atoms with Crippen LogP contribution in [0.5, 0.6) is 5.75 Å². The zero-order chi connectivity index (χ0) is 17.3. The molecule has 0 aromatic heterocycles. The first-order valence-electron chi connectivity index (χ1n) is 9.05. The molecule has 2 heterocycles. The molecule has 0 N–H and O–H groups in total. The first kappa shape index (κ1) is 15.9. The standard InChI is InChI=1S/C22H23NO2/c1-2-21(24)23-14-12-22(13-15-23)11-10-19-16-18(8-9-20(19)25-22)17-6-4-3-5-7-17/h3-11,16H,2,12-15H2,1H3. The van der Waals surface area contributed by atoms with Crippen molar-refractivity contribution in [2.45, 2.75) is 31.8 Å². The van der Waals surface area contributed by atoms with Gasteiger partial charge in [-0.3, -0.25) is 4.79 Å². The maximum Gasteiger partial charge on any atom is 0.222 e. The summed E-state index contributed by atoms with van der Waals surface area (Å²) in [5.41, 5.74) is 3.28. The molecular weight excluding hydrogens is 310 g/mol. The minimum atomic E-state index is -0.258. The molecule has 1 spiro atoms. The lowest BCUT2D eigenvalue weighted by Crippen LogP contribution is -2.49. The molecule has 1 amide bonds. The van der Waals surface area contributed by atoms with Gasteiger partial charge in [0.15, 0.2) is 0 Å². The number of likely N-dealkylation sites (tertiary alicyclic amines) is 1. The molecule has 2 aromatic carbocycles. The number of carbonyl (C=O) groups is 1. The molecule has 128 valence electrons. The van der Waals surface area contributed by atoms with Crippen molar-refractivity contribution in [3.05, 3.63) is 60.2 Å². The zero-order valence-electron chi connectivity index (χ0n) is 14.6. The number of hydrogen-bond acceptors (Lipinski definition) is 2. The predicted octanol–water partition coefficient (Wildman–Crippen LogP) is 4.53. The van der Waals surface area contributed by atoms with Crippen molar-refractivity contribution in [2.75, 3.05) is 13.1 Å². The van der Waals surface area contributed by atoms with E-state index in [2.05, 4.69) is 54.6 Å². The molecule has 3 nitrogen and oxygen atoms in total. The molecule has 1 fully saturated rings. The highest BCUT2D eigenvalue weighted by Gasteiger charge is 2.37.